The maximum absolute atomic E-state index is 11.3. The molecule has 6 saturated heterocycles. The van der Waals surface area contributed by atoms with Crippen LogP contribution in [0, 0.1) is 0 Å². The van der Waals surface area contributed by atoms with Gasteiger partial charge in [-0.05, 0) is 0 Å². The second-order valence-electron chi connectivity index (χ2n) is 9.37. The van der Waals surface area contributed by atoms with E-state index in [2.05, 4.69) is 53.5 Å². The molecule has 0 aromatic carbocycles. The lowest BCUT2D eigenvalue weighted by Gasteiger charge is -2.52. The Bertz CT molecular complexity index is 1310. The lowest BCUT2D eigenvalue weighted by atomic mass is 15.5. The van der Waals surface area contributed by atoms with Crippen molar-refractivity contribution in [1.29, 1.82) is 0 Å². The summed E-state index contributed by atoms with van der Waals surface area (Å²) in [5.74, 6) is 0. The Labute approximate surface area is 290 Å². The monoisotopic (exact) mass is 1000 g/mol. The second kappa shape index (κ2) is 12.1. The van der Waals surface area contributed by atoms with Crippen LogP contribution in [-0.2, 0) is 78.2 Å². The van der Waals surface area contributed by atoms with Gasteiger partial charge in [0.2, 0.25) is 0 Å². The van der Waals surface area contributed by atoms with Gasteiger partial charge in [-0.25, -0.2) is 0 Å². The molecule has 6 fully saturated rings. The molecule has 0 aromatic rings. The third-order valence-electron chi connectivity index (χ3n) is 4.90. The predicted octanol–water partition coefficient (Wildman–Crippen LogP) is -16.7. The molecule has 0 aromatic heterocycles. The van der Waals surface area contributed by atoms with Crippen molar-refractivity contribution in [3.05, 3.63) is 0 Å². The van der Waals surface area contributed by atoms with Gasteiger partial charge >= 0.3 is 127 Å². The van der Waals surface area contributed by atoms with E-state index in [1.54, 1.807) is 0 Å². The van der Waals surface area contributed by atoms with Crippen LogP contribution in [-0.4, -0.2) is 213 Å². The Balaban J connectivity index is 1.65. The molecule has 6 aliphatic heterocycles. The van der Waals surface area contributed by atoms with Crippen molar-refractivity contribution in [3.8, 4) is 0 Å². The highest BCUT2D eigenvalue weighted by molar-refractivity contribution is 6.97. The summed E-state index contributed by atoms with van der Waals surface area (Å²) in [7, 11) is -91.7. The van der Waals surface area contributed by atoms with Gasteiger partial charge in [-0.3, -0.25) is 0 Å². The van der Waals surface area contributed by atoms with Gasteiger partial charge in [0.05, 0.1) is 0 Å². The Morgan fingerprint density at radius 1 is 0.157 bits per heavy atom. The molecule has 296 valence electrons. The average molecular weight is 1000 g/mol. The zero-order chi connectivity index (χ0) is 38.4. The van der Waals surface area contributed by atoms with Crippen LogP contribution in [0.3, 0.4) is 0 Å². The quantitative estimate of drug-likeness (QED) is 0.100. The third kappa shape index (κ3) is 9.48. The zero-order valence-corrected chi connectivity index (χ0v) is 36.8. The summed E-state index contributed by atoms with van der Waals surface area (Å²) in [5, 5.41) is 0. The topological polar surface area (TPSA) is 540 Å². The highest BCUT2D eigenvalue weighted by Gasteiger charge is 2.89. The molecule has 6 rings (SSSR count). The van der Waals surface area contributed by atoms with E-state index < -0.39 is 127 Å². The van der Waals surface area contributed by atoms with Crippen LogP contribution in [0.15, 0.2) is 0 Å². The molecule has 4 atom stereocenters. The zero-order valence-electron chi connectivity index (χ0n) is 22.8. The number of rotatable bonds is 0. The van der Waals surface area contributed by atoms with Crippen LogP contribution in [0.5, 0.6) is 0 Å². The van der Waals surface area contributed by atoms with E-state index >= 15 is 0 Å². The van der Waals surface area contributed by atoms with Crippen LogP contribution in [0.25, 0.3) is 0 Å². The fourth-order valence-electron chi connectivity index (χ4n) is 3.89. The fourth-order valence-corrected chi connectivity index (χ4v) is 49.2. The highest BCUT2D eigenvalue weighted by Crippen LogP contribution is 2.45. The molecule has 18 N–H and O–H groups in total. The summed E-state index contributed by atoms with van der Waals surface area (Å²) in [6, 6.07) is 0. The second-order valence-corrected chi connectivity index (χ2v) is 39.8. The van der Waals surface area contributed by atoms with Gasteiger partial charge in [-0.2, -0.15) is 0 Å². The van der Waals surface area contributed by atoms with Crippen LogP contribution in [0.2, 0.25) is 0 Å². The number of fused-ring (bicyclic) bond motifs is 2. The lowest BCUT2D eigenvalue weighted by Crippen LogP contribution is -2.88. The van der Waals surface area contributed by atoms with Crippen LogP contribution < -0.4 is 0 Å². The Morgan fingerprint density at radius 2 is 0.314 bits per heavy atom. The molecule has 0 aliphatic carbocycles. The molecule has 0 radical (unpaired) electrons. The SMILES string of the molecule is O[Si]1(O)O[Si]2(O)O[Si](O)(O)O[Si]3(O[Si](O)(O)O[Si]4(O[Si](O)(O)O[Si](O)(O)O4)O[Si]4(O[Si](O)(O1)O[Si](O)(O)O[Si]1(O[Si](O)(O)O[Si](O)(O)O1)O4)O3)O2. The van der Waals surface area contributed by atoms with Gasteiger partial charge in [-0.1, -0.05) is 0 Å². The van der Waals surface area contributed by atoms with E-state index in [1.165, 1.54) is 0 Å². The van der Waals surface area contributed by atoms with Crippen molar-refractivity contribution in [2.45, 2.75) is 0 Å². The summed E-state index contributed by atoms with van der Waals surface area (Å²) in [6.45, 7) is 0. The first kappa shape index (κ1) is 42.2. The maximum Gasteiger partial charge on any atom is 0.662 e. The first-order valence-electron chi connectivity index (χ1n) is 11.8. The lowest BCUT2D eigenvalue weighted by molar-refractivity contribution is -0.125. The molecule has 4 bridgehead atoms. The van der Waals surface area contributed by atoms with Gasteiger partial charge in [0.1, 0.15) is 0 Å². The van der Waals surface area contributed by atoms with Crippen LogP contribution >= 0.6 is 0 Å². The molecule has 6 heterocycles. The van der Waals surface area contributed by atoms with Gasteiger partial charge in [0.25, 0.3) is 0 Å². The summed E-state index contributed by atoms with van der Waals surface area (Å²) in [5.41, 5.74) is 0. The molecule has 0 amide bonds. The first-order valence-corrected chi connectivity index (χ1v) is 35.3. The predicted molar refractivity (Wildman–Crippen MR) is 141 cm³/mol. The van der Waals surface area contributed by atoms with E-state index in [4.69, 9.17) is 24.7 Å². The Kier molecular flexibility index (Phi) is 9.97. The smallest absolute Gasteiger partial charge is 0.369 e. The van der Waals surface area contributed by atoms with Crippen molar-refractivity contribution < 1.29 is 165 Å². The molecular formula is H18O37Si14. The fraction of sp³-hybridized carbons (Fsp3) is 0. The number of hydrogen-bond acceptors (Lipinski definition) is 37. The van der Waals surface area contributed by atoms with Crippen LogP contribution in [0.4, 0.5) is 0 Å². The minimum atomic E-state index is -7.19. The van der Waals surface area contributed by atoms with Crippen LogP contribution in [0.1, 0.15) is 0 Å². The van der Waals surface area contributed by atoms with E-state index in [1.807, 2.05) is 0 Å². The molecule has 51 heteroatoms. The van der Waals surface area contributed by atoms with Gasteiger partial charge in [-0.15, -0.1) is 0 Å². The molecular weight excluding hydrogens is 985 g/mol. The van der Waals surface area contributed by atoms with Crippen molar-refractivity contribution in [3.63, 3.8) is 0 Å². The van der Waals surface area contributed by atoms with Crippen molar-refractivity contribution in [1.82, 2.24) is 0 Å². The van der Waals surface area contributed by atoms with E-state index in [0.717, 1.165) is 0 Å². The molecule has 6 aliphatic rings. The highest BCUT2D eigenvalue weighted by atomic mass is 28.7. The maximum atomic E-state index is 11.3. The molecule has 0 saturated carbocycles. The number of hydrogen-bond donors (Lipinski definition) is 18. The normalized spacial score (nSPS) is 43.9. The Hall–Kier alpha value is 1.56. The van der Waals surface area contributed by atoms with E-state index in [0.29, 0.717) is 0 Å². The minimum absolute atomic E-state index is 4.06. The summed E-state index contributed by atoms with van der Waals surface area (Å²) < 4.78 is 88.0. The molecule has 4 spiro atoms. The van der Waals surface area contributed by atoms with Crippen molar-refractivity contribution in [2.75, 3.05) is 0 Å². The molecule has 51 heavy (non-hydrogen) atoms. The Morgan fingerprint density at radius 3 is 0.569 bits per heavy atom. The van der Waals surface area contributed by atoms with Gasteiger partial charge in [0, 0.05) is 0 Å². The van der Waals surface area contributed by atoms with Crippen molar-refractivity contribution >= 4 is 127 Å². The van der Waals surface area contributed by atoms with Gasteiger partial charge in [0.15, 0.2) is 0 Å². The van der Waals surface area contributed by atoms with E-state index in [9.17, 15) is 86.3 Å². The molecule has 4 unspecified atom stereocenters. The summed E-state index contributed by atoms with van der Waals surface area (Å²) in [4.78, 5) is 188. The van der Waals surface area contributed by atoms with Crippen molar-refractivity contribution in [2.24, 2.45) is 0 Å². The average Bonchev–Trinajstić information content (AvgIpc) is 2.64. The summed E-state index contributed by atoms with van der Waals surface area (Å²) >= 11 is 0. The summed E-state index contributed by atoms with van der Waals surface area (Å²) in [6.07, 6.45) is 0. The van der Waals surface area contributed by atoms with Gasteiger partial charge < -0.3 is 165 Å². The first-order chi connectivity index (χ1) is 22.4. The van der Waals surface area contributed by atoms with E-state index in [-0.39, 0.29) is 0 Å². The largest absolute Gasteiger partial charge is 0.662 e. The third-order valence-corrected chi connectivity index (χ3v) is 44.1. The standard InChI is InChI=1S/H18O37Si14/c1-38(2)19-39(3,4)26-48(25-38)29-43(11,12)23-47(18)22-42(9,10)21-46(17)24-44(13,14)30-50(33-46)32-45(15,16)31-49(36-51(34-47,35-48)37-50)27-40(5,6)20-41(7,8)28-49/h1-18H. The molecule has 37 nitrogen and oxygen atoms in total. The minimum Gasteiger partial charge on any atom is -0.369 e.